The third kappa shape index (κ3) is 8.89. The molecule has 0 N–H and O–H groups in total. The SMILES string of the molecule is CCCCCCCCc1ccc(C(=O)OC)c(C(=O)OC)c1CCCCCCCC. The van der Waals surface area contributed by atoms with E-state index in [-0.39, 0.29) is 0 Å². The van der Waals surface area contributed by atoms with Crippen molar-refractivity contribution < 1.29 is 19.1 Å². The first-order chi connectivity index (χ1) is 14.6. The van der Waals surface area contributed by atoms with Gasteiger partial charge in [0, 0.05) is 0 Å². The Bertz CT molecular complexity index is 636. The van der Waals surface area contributed by atoms with Gasteiger partial charge in [0.25, 0.3) is 0 Å². The lowest BCUT2D eigenvalue weighted by Crippen LogP contribution is -2.16. The lowest BCUT2D eigenvalue weighted by molar-refractivity contribution is 0.0554. The Morgan fingerprint density at radius 3 is 1.70 bits per heavy atom. The van der Waals surface area contributed by atoms with E-state index >= 15 is 0 Å². The first-order valence-corrected chi connectivity index (χ1v) is 11.9. The van der Waals surface area contributed by atoms with Crippen molar-refractivity contribution in [3.63, 3.8) is 0 Å². The molecule has 0 spiro atoms. The van der Waals surface area contributed by atoms with E-state index in [1.165, 1.54) is 77.6 Å². The summed E-state index contributed by atoms with van der Waals surface area (Å²) in [5.41, 5.74) is 2.87. The lowest BCUT2D eigenvalue weighted by Gasteiger charge is -2.17. The lowest BCUT2D eigenvalue weighted by atomic mass is 9.89. The van der Waals surface area contributed by atoms with Crippen molar-refractivity contribution in [1.29, 1.82) is 0 Å². The summed E-state index contributed by atoms with van der Waals surface area (Å²) in [4.78, 5) is 24.9. The van der Waals surface area contributed by atoms with Gasteiger partial charge in [0.2, 0.25) is 0 Å². The van der Waals surface area contributed by atoms with Gasteiger partial charge in [-0.3, -0.25) is 0 Å². The molecule has 0 aromatic heterocycles. The van der Waals surface area contributed by atoms with Crippen LogP contribution in [0, 0.1) is 0 Å². The molecule has 4 nitrogen and oxygen atoms in total. The predicted molar refractivity (Wildman–Crippen MR) is 123 cm³/mol. The summed E-state index contributed by atoms with van der Waals surface area (Å²) in [7, 11) is 2.72. The van der Waals surface area contributed by atoms with Crippen LogP contribution in [0.1, 0.15) is 123 Å². The maximum atomic E-state index is 12.6. The smallest absolute Gasteiger partial charge is 0.339 e. The molecule has 170 valence electrons. The minimum Gasteiger partial charge on any atom is -0.465 e. The number of unbranched alkanes of at least 4 members (excludes halogenated alkanes) is 10. The summed E-state index contributed by atoms with van der Waals surface area (Å²) in [6, 6.07) is 3.74. The third-order valence-electron chi connectivity index (χ3n) is 5.78. The van der Waals surface area contributed by atoms with Crippen LogP contribution in [0.3, 0.4) is 0 Å². The fourth-order valence-electron chi connectivity index (χ4n) is 4.00. The number of carbonyl (C=O) groups excluding carboxylic acids is 2. The monoisotopic (exact) mass is 418 g/mol. The topological polar surface area (TPSA) is 52.6 Å². The number of rotatable bonds is 16. The van der Waals surface area contributed by atoms with E-state index in [1.807, 2.05) is 6.07 Å². The number of hydrogen-bond acceptors (Lipinski definition) is 4. The van der Waals surface area contributed by atoms with E-state index < -0.39 is 11.9 Å². The molecule has 1 aromatic rings. The van der Waals surface area contributed by atoms with Gasteiger partial charge < -0.3 is 9.47 Å². The second kappa shape index (κ2) is 15.9. The van der Waals surface area contributed by atoms with Gasteiger partial charge >= 0.3 is 11.9 Å². The van der Waals surface area contributed by atoms with Gasteiger partial charge in [-0.1, -0.05) is 84.1 Å². The van der Waals surface area contributed by atoms with Crippen LogP contribution in [0.4, 0.5) is 0 Å². The highest BCUT2D eigenvalue weighted by molar-refractivity contribution is 6.04. The molecule has 30 heavy (non-hydrogen) atoms. The summed E-state index contributed by atoms with van der Waals surface area (Å²) in [6.07, 6.45) is 16.2. The molecule has 0 aliphatic carbocycles. The van der Waals surface area contributed by atoms with Crippen molar-refractivity contribution in [2.45, 2.75) is 104 Å². The van der Waals surface area contributed by atoms with Crippen molar-refractivity contribution in [1.82, 2.24) is 0 Å². The van der Waals surface area contributed by atoms with Gasteiger partial charge in [-0.05, 0) is 42.9 Å². The number of methoxy groups -OCH3 is 2. The third-order valence-corrected chi connectivity index (χ3v) is 5.78. The van der Waals surface area contributed by atoms with Crippen molar-refractivity contribution >= 4 is 11.9 Å². The normalized spacial score (nSPS) is 10.8. The molecule has 0 radical (unpaired) electrons. The van der Waals surface area contributed by atoms with Gasteiger partial charge in [-0.25, -0.2) is 9.59 Å². The highest BCUT2D eigenvalue weighted by Crippen LogP contribution is 2.26. The van der Waals surface area contributed by atoms with E-state index in [1.54, 1.807) is 6.07 Å². The van der Waals surface area contributed by atoms with Crippen LogP contribution in [-0.2, 0) is 22.3 Å². The van der Waals surface area contributed by atoms with E-state index in [0.717, 1.165) is 37.7 Å². The highest BCUT2D eigenvalue weighted by Gasteiger charge is 2.24. The molecule has 0 saturated heterocycles. The minimum atomic E-state index is -0.481. The van der Waals surface area contributed by atoms with E-state index in [2.05, 4.69) is 13.8 Å². The second-order valence-electron chi connectivity index (χ2n) is 8.14. The number of esters is 2. The zero-order valence-electron chi connectivity index (χ0n) is 19.7. The quantitative estimate of drug-likeness (QED) is 0.213. The second-order valence-corrected chi connectivity index (χ2v) is 8.14. The summed E-state index contributed by atoms with van der Waals surface area (Å²) in [5.74, 6) is -0.924. The molecule has 0 atom stereocenters. The number of hydrogen-bond donors (Lipinski definition) is 0. The first-order valence-electron chi connectivity index (χ1n) is 11.9. The van der Waals surface area contributed by atoms with Crippen molar-refractivity contribution in [3.05, 3.63) is 34.4 Å². The maximum Gasteiger partial charge on any atom is 0.339 e. The molecule has 1 aromatic carbocycles. The van der Waals surface area contributed by atoms with Crippen molar-refractivity contribution in [3.8, 4) is 0 Å². The Morgan fingerprint density at radius 1 is 0.667 bits per heavy atom. The summed E-state index contributed by atoms with van der Waals surface area (Å²) in [6.45, 7) is 4.45. The van der Waals surface area contributed by atoms with Crippen LogP contribution >= 0.6 is 0 Å². The Hall–Kier alpha value is -1.84. The number of ether oxygens (including phenoxy) is 2. The molecule has 0 saturated carbocycles. The average Bonchev–Trinajstić information content (AvgIpc) is 2.77. The minimum absolute atomic E-state index is 0.317. The average molecular weight is 419 g/mol. The zero-order valence-corrected chi connectivity index (χ0v) is 19.7. The van der Waals surface area contributed by atoms with Crippen LogP contribution in [0.5, 0.6) is 0 Å². The van der Waals surface area contributed by atoms with Gasteiger partial charge in [0.1, 0.15) is 0 Å². The molecule has 0 fully saturated rings. The predicted octanol–water partition coefficient (Wildman–Crippen LogP) is 7.07. The van der Waals surface area contributed by atoms with Gasteiger partial charge in [0.05, 0.1) is 25.3 Å². The fraction of sp³-hybridized carbons (Fsp3) is 0.692. The number of aryl methyl sites for hydroxylation is 1. The van der Waals surface area contributed by atoms with Gasteiger partial charge in [0.15, 0.2) is 0 Å². The van der Waals surface area contributed by atoms with Crippen LogP contribution in [0.2, 0.25) is 0 Å². The summed E-state index contributed by atoms with van der Waals surface area (Å²) < 4.78 is 9.98. The Kier molecular flexibility index (Phi) is 13.9. The Morgan fingerprint density at radius 2 is 1.17 bits per heavy atom. The Labute approximate surface area is 183 Å². The molecule has 0 heterocycles. The molecule has 0 amide bonds. The molecular weight excluding hydrogens is 376 g/mol. The molecule has 4 heteroatoms. The molecule has 0 unspecified atom stereocenters. The van der Waals surface area contributed by atoms with Gasteiger partial charge in [-0.15, -0.1) is 0 Å². The van der Waals surface area contributed by atoms with Crippen molar-refractivity contribution in [2.75, 3.05) is 14.2 Å². The Balaban J connectivity index is 3.00. The van der Waals surface area contributed by atoms with E-state index in [0.29, 0.717) is 11.1 Å². The fourth-order valence-corrected chi connectivity index (χ4v) is 4.00. The largest absolute Gasteiger partial charge is 0.465 e. The molecule has 1 rings (SSSR count). The first kappa shape index (κ1) is 26.2. The van der Waals surface area contributed by atoms with Crippen LogP contribution in [-0.4, -0.2) is 26.2 Å². The van der Waals surface area contributed by atoms with E-state index in [4.69, 9.17) is 9.47 Å². The molecule has 0 bridgehead atoms. The van der Waals surface area contributed by atoms with Crippen molar-refractivity contribution in [2.24, 2.45) is 0 Å². The number of benzene rings is 1. The number of carbonyl (C=O) groups is 2. The van der Waals surface area contributed by atoms with Crippen LogP contribution in [0.25, 0.3) is 0 Å². The highest BCUT2D eigenvalue weighted by atomic mass is 16.5. The maximum absolute atomic E-state index is 12.6. The van der Waals surface area contributed by atoms with Gasteiger partial charge in [-0.2, -0.15) is 0 Å². The standard InChI is InChI=1S/C26H42O4/c1-5-7-9-11-13-15-17-21-19-20-23(25(27)29-3)24(26(28)30-4)22(21)18-16-14-12-10-8-6-2/h19-20H,5-18H2,1-4H3. The van der Waals surface area contributed by atoms with E-state index in [9.17, 15) is 9.59 Å². The summed E-state index contributed by atoms with van der Waals surface area (Å²) >= 11 is 0. The molecule has 0 aliphatic heterocycles. The molecular formula is C26H42O4. The summed E-state index contributed by atoms with van der Waals surface area (Å²) in [5, 5.41) is 0. The molecule has 0 aliphatic rings. The zero-order chi connectivity index (χ0) is 22.2. The van der Waals surface area contributed by atoms with Crippen LogP contribution in [0.15, 0.2) is 12.1 Å². The van der Waals surface area contributed by atoms with Crippen LogP contribution < -0.4 is 0 Å².